The minimum atomic E-state index is -1.69. The van der Waals surface area contributed by atoms with Gasteiger partial charge in [-0.05, 0) is 69.0 Å². The molecule has 4 aromatic carbocycles. The number of rotatable bonds is 22. The monoisotopic (exact) mass is 669 g/mol. The van der Waals surface area contributed by atoms with E-state index in [1.54, 1.807) is 0 Å². The van der Waals surface area contributed by atoms with Crippen LogP contribution in [0.1, 0.15) is 101 Å². The number of benzene rings is 4. The van der Waals surface area contributed by atoms with E-state index < -0.39 is 7.26 Å². The summed E-state index contributed by atoms with van der Waals surface area (Å²) in [6, 6.07) is 33.8. The van der Waals surface area contributed by atoms with Crippen LogP contribution in [0, 0.1) is 6.92 Å². The van der Waals surface area contributed by atoms with Crippen LogP contribution in [0.25, 0.3) is 0 Å². The van der Waals surface area contributed by atoms with Crippen LogP contribution < -0.4 is 25.4 Å². The summed E-state index contributed by atoms with van der Waals surface area (Å²) in [5.74, 6) is 0.545. The quantitative estimate of drug-likeness (QED) is 0.0497. The Morgan fingerprint density at radius 1 is 0.458 bits per heavy atom. The minimum absolute atomic E-state index is 0.0518. The van der Waals surface area contributed by atoms with Gasteiger partial charge in [-0.1, -0.05) is 125 Å². The van der Waals surface area contributed by atoms with Crippen LogP contribution in [0.15, 0.2) is 91.0 Å². The zero-order valence-electron chi connectivity index (χ0n) is 29.6. The van der Waals surface area contributed by atoms with Crippen LogP contribution in [0.5, 0.6) is 23.0 Å². The highest BCUT2D eigenvalue weighted by atomic mass is 31.2. The molecule has 0 spiro atoms. The Balaban J connectivity index is 1.09. The molecule has 0 aromatic heterocycles. The first-order valence-electron chi connectivity index (χ1n) is 18.2. The Labute approximate surface area is 290 Å². The molecule has 5 heteroatoms. The molecule has 0 heterocycles. The van der Waals surface area contributed by atoms with Gasteiger partial charge in [-0.15, -0.1) is 0 Å². The second kappa shape index (κ2) is 20.1. The fraction of sp³-hybridized carbons (Fsp3) is 0.442. The molecule has 0 radical (unpaired) electrons. The second-order valence-corrected chi connectivity index (χ2v) is 16.7. The zero-order chi connectivity index (χ0) is 34.0. The molecular weight excluding hydrogens is 611 g/mol. The highest BCUT2D eigenvalue weighted by Crippen LogP contribution is 2.56. The van der Waals surface area contributed by atoms with E-state index in [1.807, 2.05) is 6.92 Å². The van der Waals surface area contributed by atoms with Gasteiger partial charge in [0.2, 0.25) is 11.5 Å². The van der Waals surface area contributed by atoms with Crippen LogP contribution in [-0.4, -0.2) is 30.6 Å². The maximum atomic E-state index is 10.7. The first-order chi connectivity index (χ1) is 23.5. The van der Waals surface area contributed by atoms with Crippen LogP contribution in [-0.2, 0) is 6.42 Å². The van der Waals surface area contributed by atoms with E-state index in [-0.39, 0.29) is 23.0 Å². The van der Waals surface area contributed by atoms with Crippen molar-refractivity contribution in [2.24, 2.45) is 0 Å². The molecule has 0 fully saturated rings. The number of aromatic hydroxyl groups is 2. The van der Waals surface area contributed by atoms with E-state index in [0.717, 1.165) is 24.8 Å². The molecule has 0 atom stereocenters. The van der Waals surface area contributed by atoms with Gasteiger partial charge < -0.3 is 19.7 Å². The topological polar surface area (TPSA) is 58.9 Å². The maximum absolute atomic E-state index is 10.7. The van der Waals surface area contributed by atoms with E-state index in [0.29, 0.717) is 5.56 Å². The molecule has 0 saturated carbocycles. The lowest BCUT2D eigenvalue weighted by Gasteiger charge is -2.27. The second-order valence-electron chi connectivity index (χ2n) is 13.1. The Morgan fingerprint density at radius 3 is 1.17 bits per heavy atom. The van der Waals surface area contributed by atoms with Gasteiger partial charge >= 0.3 is 0 Å². The molecule has 0 saturated heterocycles. The van der Waals surface area contributed by atoms with Gasteiger partial charge in [-0.2, -0.15) is 0 Å². The molecule has 0 aliphatic heterocycles. The first kappa shape index (κ1) is 37.3. The summed E-state index contributed by atoms with van der Waals surface area (Å²) in [5, 5.41) is 25.6. The Morgan fingerprint density at radius 2 is 0.792 bits per heavy atom. The summed E-state index contributed by atoms with van der Waals surface area (Å²) in [6.45, 7) is 1.82. The van der Waals surface area contributed by atoms with Gasteiger partial charge in [0.1, 0.15) is 23.2 Å². The normalized spacial score (nSPS) is 11.5. The van der Waals surface area contributed by atoms with Gasteiger partial charge in [0.25, 0.3) is 0 Å². The molecule has 258 valence electrons. The number of phenols is 2. The van der Waals surface area contributed by atoms with Crippen LogP contribution >= 0.6 is 7.26 Å². The Hall–Kier alpha value is -3.49. The van der Waals surface area contributed by atoms with E-state index in [4.69, 9.17) is 9.47 Å². The van der Waals surface area contributed by atoms with E-state index >= 15 is 0 Å². The van der Waals surface area contributed by atoms with Crippen molar-refractivity contribution in [3.05, 3.63) is 102 Å². The number of phenolic OH excluding ortho intramolecular Hbond substituents is 2. The molecule has 4 nitrogen and oxygen atoms in total. The fourth-order valence-electron chi connectivity index (χ4n) is 7.18. The Kier molecular flexibility index (Phi) is 15.6. The van der Waals surface area contributed by atoms with Gasteiger partial charge in [0.15, 0.2) is 11.5 Å². The summed E-state index contributed by atoms with van der Waals surface area (Å²) >= 11 is 0. The van der Waals surface area contributed by atoms with E-state index in [9.17, 15) is 10.2 Å². The third-order valence-electron chi connectivity index (χ3n) is 9.90. The lowest BCUT2D eigenvalue weighted by molar-refractivity contribution is 0.313. The van der Waals surface area contributed by atoms with Crippen molar-refractivity contribution >= 4 is 23.2 Å². The average Bonchev–Trinajstić information content (AvgIpc) is 3.13. The molecule has 48 heavy (non-hydrogen) atoms. The number of methoxy groups -OCH3 is 2. The molecule has 0 aliphatic carbocycles. The van der Waals surface area contributed by atoms with Gasteiger partial charge in [0, 0.05) is 11.1 Å². The Bertz CT molecular complexity index is 1380. The van der Waals surface area contributed by atoms with Crippen molar-refractivity contribution < 1.29 is 19.7 Å². The number of ether oxygens (including phenoxy) is 2. The largest absolute Gasteiger partial charge is 0.504 e. The molecule has 2 N–H and O–H groups in total. The lowest BCUT2D eigenvalue weighted by atomic mass is 9.98. The summed E-state index contributed by atoms with van der Waals surface area (Å²) in [4.78, 5) is 0. The SMILES string of the molecule is COc1c(O)c(C)c(CCCCCCCCCCCCCCCC[P+](c2ccccc2)(c2ccccc2)c2ccccc2)c(O)c1OC. The number of unbranched alkanes of at least 4 members (excludes halogenated alkanes) is 13. The van der Waals surface area contributed by atoms with Crippen molar-refractivity contribution in [1.82, 2.24) is 0 Å². The standard InChI is InChI=1S/C43H57O4P/c1-35-39(41(45)43(47-3)42(46-2)40(35)44)33-25-14-12-10-8-6-4-5-7-9-11-13-15-26-34-48(36-27-19-16-20-28-36,37-29-21-17-22-30-37)38-31-23-18-24-32-38/h16-24,27-32H,4-15,25-26,33-34H2,1-3H3,(H-,44,45)/p+1. The number of hydrogen-bond donors (Lipinski definition) is 2. The molecule has 4 rings (SSSR count). The summed E-state index contributed by atoms with van der Waals surface area (Å²) < 4.78 is 10.5. The lowest BCUT2D eigenvalue weighted by Crippen LogP contribution is -2.33. The smallest absolute Gasteiger partial charge is 0.207 e. The molecule has 0 bridgehead atoms. The van der Waals surface area contributed by atoms with E-state index in [1.165, 1.54) is 113 Å². The highest BCUT2D eigenvalue weighted by molar-refractivity contribution is 7.95. The third-order valence-corrected chi connectivity index (χ3v) is 14.4. The van der Waals surface area contributed by atoms with Crippen molar-refractivity contribution in [3.63, 3.8) is 0 Å². The molecular formula is C43H58O4P+. The van der Waals surface area contributed by atoms with Crippen molar-refractivity contribution in [3.8, 4) is 23.0 Å². The van der Waals surface area contributed by atoms with Crippen LogP contribution in [0.2, 0.25) is 0 Å². The first-order valence-corrected chi connectivity index (χ1v) is 20.2. The molecule has 0 aliphatic rings. The van der Waals surface area contributed by atoms with Crippen LogP contribution in [0.3, 0.4) is 0 Å². The maximum Gasteiger partial charge on any atom is 0.207 e. The molecule has 0 amide bonds. The minimum Gasteiger partial charge on any atom is -0.504 e. The number of hydrogen-bond acceptors (Lipinski definition) is 4. The zero-order valence-corrected chi connectivity index (χ0v) is 30.5. The molecule has 0 unspecified atom stereocenters. The van der Waals surface area contributed by atoms with Crippen molar-refractivity contribution in [2.75, 3.05) is 20.4 Å². The third kappa shape index (κ3) is 9.79. The summed E-state index contributed by atoms with van der Waals surface area (Å²) in [7, 11) is 1.25. The van der Waals surface area contributed by atoms with Crippen molar-refractivity contribution in [2.45, 2.75) is 103 Å². The van der Waals surface area contributed by atoms with Gasteiger partial charge in [-0.25, -0.2) is 0 Å². The predicted octanol–water partition coefficient (Wildman–Crippen LogP) is 10.4. The van der Waals surface area contributed by atoms with Crippen molar-refractivity contribution in [1.29, 1.82) is 0 Å². The average molecular weight is 670 g/mol. The van der Waals surface area contributed by atoms with E-state index in [2.05, 4.69) is 91.0 Å². The fourth-order valence-corrected chi connectivity index (χ4v) is 11.6. The van der Waals surface area contributed by atoms with Crippen LogP contribution in [0.4, 0.5) is 0 Å². The highest BCUT2D eigenvalue weighted by Gasteiger charge is 2.44. The molecule has 4 aromatic rings. The summed E-state index contributed by atoms with van der Waals surface area (Å²) in [6.07, 6.45) is 19.8. The summed E-state index contributed by atoms with van der Waals surface area (Å²) in [5.41, 5.74) is 1.42. The predicted molar refractivity (Wildman–Crippen MR) is 206 cm³/mol. The van der Waals surface area contributed by atoms with Gasteiger partial charge in [0.05, 0.1) is 20.4 Å². The van der Waals surface area contributed by atoms with Gasteiger partial charge in [-0.3, -0.25) is 0 Å².